The van der Waals surface area contributed by atoms with Crippen LogP contribution >= 0.6 is 0 Å². The zero-order valence-corrected chi connectivity index (χ0v) is 18.1. The van der Waals surface area contributed by atoms with Crippen molar-refractivity contribution in [3.8, 4) is 11.3 Å². The molecule has 0 aliphatic carbocycles. The lowest BCUT2D eigenvalue weighted by molar-refractivity contribution is 0.482. The van der Waals surface area contributed by atoms with Crippen LogP contribution in [0.5, 0.6) is 0 Å². The van der Waals surface area contributed by atoms with Gasteiger partial charge in [0.05, 0.1) is 17.1 Å². The van der Waals surface area contributed by atoms with Crippen molar-refractivity contribution in [2.75, 3.05) is 0 Å². The Hall–Kier alpha value is -2.27. The number of hydrogen-bond acceptors (Lipinski definition) is 4. The fourth-order valence-corrected chi connectivity index (χ4v) is 3.93. The van der Waals surface area contributed by atoms with Crippen LogP contribution in [0.2, 0.25) is 0 Å². The molecule has 5 nitrogen and oxygen atoms in total. The van der Waals surface area contributed by atoms with Gasteiger partial charge in [-0.05, 0) is 56.7 Å². The molecule has 5 heteroatoms. The maximum atomic E-state index is 6.19. The molecule has 3 aromatic heterocycles. The first-order valence-corrected chi connectivity index (χ1v) is 10.5. The fourth-order valence-electron chi connectivity index (χ4n) is 3.93. The van der Waals surface area contributed by atoms with Gasteiger partial charge >= 0.3 is 0 Å². The van der Waals surface area contributed by atoms with E-state index in [0.717, 1.165) is 59.5 Å². The first kappa shape index (κ1) is 20.5. The van der Waals surface area contributed by atoms with Gasteiger partial charge in [-0.3, -0.25) is 4.98 Å². The van der Waals surface area contributed by atoms with Crippen LogP contribution in [0, 0.1) is 13.8 Å². The van der Waals surface area contributed by atoms with E-state index in [1.807, 2.05) is 13.1 Å². The number of rotatable bonds is 7. The second-order valence-electron chi connectivity index (χ2n) is 7.65. The number of pyridine rings is 1. The molecule has 2 N–H and O–H groups in total. The lowest BCUT2D eigenvalue weighted by Crippen LogP contribution is -2.11. The van der Waals surface area contributed by atoms with Crippen LogP contribution in [0.25, 0.3) is 22.4 Å². The minimum absolute atomic E-state index is 0.0229. The van der Waals surface area contributed by atoms with Gasteiger partial charge < -0.3 is 10.3 Å². The molecule has 0 radical (unpaired) electrons. The van der Waals surface area contributed by atoms with Crippen molar-refractivity contribution in [2.24, 2.45) is 5.73 Å². The smallest absolute Gasteiger partial charge is 0.159 e. The van der Waals surface area contributed by atoms with Gasteiger partial charge in [0.25, 0.3) is 0 Å². The Kier molecular flexibility index (Phi) is 6.14. The van der Waals surface area contributed by atoms with Crippen LogP contribution < -0.4 is 5.73 Å². The quantitative estimate of drug-likeness (QED) is 0.593. The van der Waals surface area contributed by atoms with Gasteiger partial charge in [-0.15, -0.1) is 0 Å². The lowest BCUT2D eigenvalue weighted by atomic mass is 10.00. The first-order valence-electron chi connectivity index (χ1n) is 10.5. The van der Waals surface area contributed by atoms with Crippen molar-refractivity contribution in [3.05, 3.63) is 41.0 Å². The molecule has 0 aromatic carbocycles. The Labute approximate surface area is 168 Å². The summed E-state index contributed by atoms with van der Waals surface area (Å²) in [6.45, 7) is 12.9. The van der Waals surface area contributed by atoms with E-state index >= 15 is 0 Å². The highest BCUT2D eigenvalue weighted by Crippen LogP contribution is 2.31. The third-order valence-corrected chi connectivity index (χ3v) is 5.80. The van der Waals surface area contributed by atoms with Crippen molar-refractivity contribution in [2.45, 2.75) is 79.3 Å². The summed E-state index contributed by atoms with van der Waals surface area (Å²) in [6.07, 6.45) is 8.10. The summed E-state index contributed by atoms with van der Waals surface area (Å²) in [7, 11) is 0. The predicted molar refractivity (Wildman–Crippen MR) is 116 cm³/mol. The Morgan fingerprint density at radius 1 is 1.04 bits per heavy atom. The summed E-state index contributed by atoms with van der Waals surface area (Å²) in [4.78, 5) is 14.7. The van der Waals surface area contributed by atoms with E-state index in [9.17, 15) is 0 Å². The van der Waals surface area contributed by atoms with Crippen LogP contribution in [0.4, 0.5) is 0 Å². The number of aryl methyl sites for hydroxylation is 3. The second-order valence-corrected chi connectivity index (χ2v) is 7.65. The van der Waals surface area contributed by atoms with Crippen LogP contribution in [0.1, 0.15) is 81.6 Å². The molecule has 0 saturated heterocycles. The lowest BCUT2D eigenvalue weighted by Gasteiger charge is -2.17. The Morgan fingerprint density at radius 3 is 2.36 bits per heavy atom. The maximum absolute atomic E-state index is 6.19. The van der Waals surface area contributed by atoms with Crippen LogP contribution in [-0.2, 0) is 6.42 Å². The van der Waals surface area contributed by atoms with E-state index in [0.29, 0.717) is 6.04 Å². The number of hydrogen-bond donors (Lipinski definition) is 1. The number of fused-ring (bicyclic) bond motifs is 1. The molecule has 0 aliphatic rings. The molecule has 3 heterocycles. The molecule has 3 rings (SSSR count). The fraction of sp³-hybridized carbons (Fsp3) is 0.522. The SMILES string of the molecule is CCc1cc(C(N)CC)ncc1-c1nc2c(C)cn(C(CC)CC)c2nc1C. The first-order chi connectivity index (χ1) is 13.4. The molecule has 0 saturated carbocycles. The van der Waals surface area contributed by atoms with Crippen LogP contribution in [0.15, 0.2) is 18.5 Å². The zero-order chi connectivity index (χ0) is 20.4. The largest absolute Gasteiger partial charge is 0.328 e. The molecule has 0 spiro atoms. The van der Waals surface area contributed by atoms with Crippen molar-refractivity contribution in [3.63, 3.8) is 0 Å². The Balaban J connectivity index is 2.17. The number of nitrogens with zero attached hydrogens (tertiary/aromatic N) is 4. The number of aromatic nitrogens is 4. The summed E-state index contributed by atoms with van der Waals surface area (Å²) in [5.74, 6) is 0. The highest BCUT2D eigenvalue weighted by atomic mass is 15.1. The summed E-state index contributed by atoms with van der Waals surface area (Å²) in [5, 5.41) is 0. The second kappa shape index (κ2) is 8.39. The van der Waals surface area contributed by atoms with E-state index in [1.165, 1.54) is 11.1 Å². The van der Waals surface area contributed by atoms with Crippen LogP contribution in [0.3, 0.4) is 0 Å². The molecule has 3 aromatic rings. The molecule has 1 atom stereocenters. The third-order valence-electron chi connectivity index (χ3n) is 5.80. The zero-order valence-electron chi connectivity index (χ0n) is 18.1. The van der Waals surface area contributed by atoms with E-state index < -0.39 is 0 Å². The molecule has 0 bridgehead atoms. The summed E-state index contributed by atoms with van der Waals surface area (Å²) in [6, 6.07) is 2.57. The van der Waals surface area contributed by atoms with Gasteiger partial charge in [0.15, 0.2) is 5.65 Å². The normalized spacial score (nSPS) is 12.9. The van der Waals surface area contributed by atoms with E-state index in [4.69, 9.17) is 15.7 Å². The highest BCUT2D eigenvalue weighted by Gasteiger charge is 2.19. The van der Waals surface area contributed by atoms with Gasteiger partial charge in [-0.2, -0.15) is 0 Å². The third kappa shape index (κ3) is 3.55. The summed E-state index contributed by atoms with van der Waals surface area (Å²) < 4.78 is 2.30. The van der Waals surface area contributed by atoms with Crippen LogP contribution in [-0.4, -0.2) is 19.5 Å². The molecule has 28 heavy (non-hydrogen) atoms. The van der Waals surface area contributed by atoms with Gasteiger partial charge in [0.2, 0.25) is 0 Å². The monoisotopic (exact) mass is 379 g/mol. The Morgan fingerprint density at radius 2 is 1.75 bits per heavy atom. The van der Waals surface area contributed by atoms with Crippen molar-refractivity contribution in [1.82, 2.24) is 19.5 Å². The highest BCUT2D eigenvalue weighted by molar-refractivity contribution is 5.80. The van der Waals surface area contributed by atoms with Crippen molar-refractivity contribution in [1.29, 1.82) is 0 Å². The number of nitrogens with two attached hydrogens (primary N) is 1. The molecule has 1 unspecified atom stereocenters. The van der Waals surface area contributed by atoms with Gasteiger partial charge in [-0.25, -0.2) is 9.97 Å². The average molecular weight is 380 g/mol. The molecule has 0 fully saturated rings. The van der Waals surface area contributed by atoms with E-state index in [2.05, 4.69) is 56.4 Å². The van der Waals surface area contributed by atoms with Gasteiger partial charge in [0.1, 0.15) is 5.52 Å². The summed E-state index contributed by atoms with van der Waals surface area (Å²) >= 11 is 0. The van der Waals surface area contributed by atoms with E-state index in [-0.39, 0.29) is 6.04 Å². The minimum Gasteiger partial charge on any atom is -0.328 e. The molecule has 0 aliphatic heterocycles. The predicted octanol–water partition coefficient (Wildman–Crippen LogP) is 5.44. The average Bonchev–Trinajstić information content (AvgIpc) is 3.02. The van der Waals surface area contributed by atoms with E-state index in [1.54, 1.807) is 0 Å². The maximum Gasteiger partial charge on any atom is 0.159 e. The molecule has 150 valence electrons. The topological polar surface area (TPSA) is 69.6 Å². The summed E-state index contributed by atoms with van der Waals surface area (Å²) in [5.41, 5.74) is 14.5. The Bertz CT molecular complexity index is 969. The van der Waals surface area contributed by atoms with Gasteiger partial charge in [-0.1, -0.05) is 27.7 Å². The molecular formula is C23H33N5. The molecule has 0 amide bonds. The van der Waals surface area contributed by atoms with Gasteiger partial charge in [0, 0.05) is 30.0 Å². The molecular weight excluding hydrogens is 346 g/mol. The van der Waals surface area contributed by atoms with Crippen molar-refractivity contribution < 1.29 is 0 Å². The minimum atomic E-state index is -0.0229. The standard InChI is InChI=1S/C23H33N5/c1-7-16-11-20(19(24)10-4)25-12-18(16)22-15(6)26-23-21(27-22)14(5)13-28(23)17(8-2)9-3/h11-13,17,19H,7-10,24H2,1-6H3. The van der Waals surface area contributed by atoms with Crippen molar-refractivity contribution >= 4 is 11.2 Å².